The van der Waals surface area contributed by atoms with Gasteiger partial charge in [-0.1, -0.05) is 11.8 Å². The highest BCUT2D eigenvalue weighted by Gasteiger charge is 2.35. The summed E-state index contributed by atoms with van der Waals surface area (Å²) in [6.07, 6.45) is 6.50. The monoisotopic (exact) mass is 238 g/mol. The number of aliphatic imine (C=N–C) groups is 1. The fourth-order valence-corrected chi connectivity index (χ4v) is 3.34. The Bertz CT molecular complexity index is 322. The number of hydrogen-bond donors (Lipinski definition) is 0. The highest BCUT2D eigenvalue weighted by atomic mass is 32.2. The zero-order valence-electron chi connectivity index (χ0n) is 9.89. The molecular weight excluding hydrogens is 220 g/mol. The molecular formula is C11H18N4S. The third-order valence-corrected chi connectivity index (χ3v) is 4.20. The van der Waals surface area contributed by atoms with Crippen LogP contribution < -0.4 is 0 Å². The minimum atomic E-state index is 0.467. The number of nitriles is 1. The molecule has 2 fully saturated rings. The van der Waals surface area contributed by atoms with Crippen molar-refractivity contribution in [1.82, 2.24) is 9.80 Å². The summed E-state index contributed by atoms with van der Waals surface area (Å²) in [7, 11) is 0. The van der Waals surface area contributed by atoms with Gasteiger partial charge in [0.05, 0.1) is 0 Å². The lowest BCUT2D eigenvalue weighted by atomic mass is 10.1. The Balaban J connectivity index is 2.10. The SMILES string of the molecule is CSC(=NC#N)N1CC2CCCN2CC1C. The second-order valence-corrected chi connectivity index (χ2v) is 5.26. The average Bonchev–Trinajstić information content (AvgIpc) is 2.72. The molecule has 0 aromatic carbocycles. The Kier molecular flexibility index (Phi) is 3.72. The van der Waals surface area contributed by atoms with Gasteiger partial charge < -0.3 is 4.90 Å². The summed E-state index contributed by atoms with van der Waals surface area (Å²) in [6, 6.07) is 1.14. The van der Waals surface area contributed by atoms with Crippen molar-refractivity contribution in [1.29, 1.82) is 5.26 Å². The first kappa shape index (κ1) is 11.7. The van der Waals surface area contributed by atoms with E-state index in [9.17, 15) is 0 Å². The number of amidine groups is 1. The van der Waals surface area contributed by atoms with E-state index in [4.69, 9.17) is 5.26 Å². The topological polar surface area (TPSA) is 42.6 Å². The zero-order valence-corrected chi connectivity index (χ0v) is 10.7. The van der Waals surface area contributed by atoms with Crippen LogP contribution in [0.1, 0.15) is 19.8 Å². The molecule has 2 rings (SSSR count). The van der Waals surface area contributed by atoms with Crippen molar-refractivity contribution in [2.24, 2.45) is 4.99 Å². The van der Waals surface area contributed by atoms with Crippen LogP contribution in [-0.2, 0) is 0 Å². The van der Waals surface area contributed by atoms with E-state index >= 15 is 0 Å². The number of hydrogen-bond acceptors (Lipinski definition) is 4. The van der Waals surface area contributed by atoms with Crippen LogP contribution in [0.3, 0.4) is 0 Å². The Hall–Kier alpha value is -0.730. The molecule has 16 heavy (non-hydrogen) atoms. The standard InChI is InChI=1S/C11H18N4S/c1-9-6-14-5-3-4-10(14)7-15(9)11(16-2)13-8-12/h9-10H,3-7H2,1-2H3. The molecule has 2 aliphatic heterocycles. The van der Waals surface area contributed by atoms with Crippen LogP contribution in [0.5, 0.6) is 0 Å². The van der Waals surface area contributed by atoms with E-state index in [0.29, 0.717) is 12.1 Å². The summed E-state index contributed by atoms with van der Waals surface area (Å²) in [5, 5.41) is 9.56. The summed E-state index contributed by atoms with van der Waals surface area (Å²) >= 11 is 1.57. The van der Waals surface area contributed by atoms with Gasteiger partial charge >= 0.3 is 0 Å². The van der Waals surface area contributed by atoms with Crippen molar-refractivity contribution in [2.45, 2.75) is 31.8 Å². The lowest BCUT2D eigenvalue weighted by Crippen LogP contribution is -2.56. The minimum Gasteiger partial charge on any atom is -0.345 e. The molecule has 0 aromatic heterocycles. The average molecular weight is 238 g/mol. The van der Waals surface area contributed by atoms with E-state index in [2.05, 4.69) is 21.7 Å². The second kappa shape index (κ2) is 5.07. The molecule has 0 aliphatic carbocycles. The van der Waals surface area contributed by atoms with Gasteiger partial charge in [0, 0.05) is 25.2 Å². The van der Waals surface area contributed by atoms with Gasteiger partial charge in [-0.3, -0.25) is 4.90 Å². The molecule has 0 aromatic rings. The lowest BCUT2D eigenvalue weighted by Gasteiger charge is -2.43. The largest absolute Gasteiger partial charge is 0.345 e. The Labute approximate surface area is 101 Å². The van der Waals surface area contributed by atoms with E-state index in [1.165, 1.54) is 19.4 Å². The first-order chi connectivity index (χ1) is 7.76. The van der Waals surface area contributed by atoms with Crippen molar-refractivity contribution in [3.63, 3.8) is 0 Å². The molecule has 2 unspecified atom stereocenters. The Morgan fingerprint density at radius 3 is 3.00 bits per heavy atom. The number of thioether (sulfide) groups is 1. The predicted molar refractivity (Wildman–Crippen MR) is 67.3 cm³/mol. The van der Waals surface area contributed by atoms with Gasteiger partial charge in [0.2, 0.25) is 6.19 Å². The predicted octanol–water partition coefficient (Wildman–Crippen LogP) is 1.35. The van der Waals surface area contributed by atoms with Crippen LogP contribution in [0, 0.1) is 11.5 Å². The zero-order chi connectivity index (χ0) is 11.5. The van der Waals surface area contributed by atoms with Crippen LogP contribution in [0.15, 0.2) is 4.99 Å². The molecule has 0 bridgehead atoms. The molecule has 2 saturated heterocycles. The van der Waals surface area contributed by atoms with Crippen molar-refractivity contribution in [2.75, 3.05) is 25.9 Å². The van der Waals surface area contributed by atoms with Gasteiger partial charge in [0.15, 0.2) is 5.17 Å². The number of nitrogens with zero attached hydrogens (tertiary/aromatic N) is 4. The summed E-state index contributed by atoms with van der Waals surface area (Å²) in [4.78, 5) is 8.79. The maximum Gasteiger partial charge on any atom is 0.208 e. The highest BCUT2D eigenvalue weighted by molar-refractivity contribution is 8.13. The maximum absolute atomic E-state index is 8.68. The van der Waals surface area contributed by atoms with E-state index in [0.717, 1.165) is 18.3 Å². The fraction of sp³-hybridized carbons (Fsp3) is 0.818. The molecule has 5 heteroatoms. The molecule has 0 N–H and O–H groups in total. The normalized spacial score (nSPS) is 31.3. The maximum atomic E-state index is 8.68. The molecule has 0 amide bonds. The van der Waals surface area contributed by atoms with Crippen LogP contribution >= 0.6 is 11.8 Å². The molecule has 2 aliphatic rings. The van der Waals surface area contributed by atoms with Crippen LogP contribution in [0.25, 0.3) is 0 Å². The quantitative estimate of drug-likeness (QED) is 0.363. The smallest absolute Gasteiger partial charge is 0.208 e. The summed E-state index contributed by atoms with van der Waals surface area (Å²) in [5.74, 6) is 0. The third kappa shape index (κ3) is 2.18. The second-order valence-electron chi connectivity index (χ2n) is 4.49. The summed E-state index contributed by atoms with van der Waals surface area (Å²) in [5.41, 5.74) is 0. The van der Waals surface area contributed by atoms with Crippen LogP contribution in [-0.4, -0.2) is 52.9 Å². The molecule has 0 radical (unpaired) electrons. The Morgan fingerprint density at radius 1 is 1.50 bits per heavy atom. The van der Waals surface area contributed by atoms with Crippen molar-refractivity contribution in [3.05, 3.63) is 0 Å². The highest BCUT2D eigenvalue weighted by Crippen LogP contribution is 2.26. The molecule has 2 heterocycles. The number of piperazine rings is 1. The number of rotatable bonds is 0. The van der Waals surface area contributed by atoms with E-state index in [1.807, 2.05) is 12.4 Å². The van der Waals surface area contributed by atoms with Gasteiger partial charge in [-0.15, -0.1) is 4.99 Å². The number of fused-ring (bicyclic) bond motifs is 1. The minimum absolute atomic E-state index is 0.467. The van der Waals surface area contributed by atoms with Crippen LogP contribution in [0.2, 0.25) is 0 Å². The van der Waals surface area contributed by atoms with Crippen molar-refractivity contribution >= 4 is 16.9 Å². The first-order valence-corrected chi connectivity index (χ1v) is 7.00. The lowest BCUT2D eigenvalue weighted by molar-refractivity contribution is 0.111. The van der Waals surface area contributed by atoms with E-state index < -0.39 is 0 Å². The fourth-order valence-electron chi connectivity index (χ4n) is 2.72. The van der Waals surface area contributed by atoms with Gasteiger partial charge in [-0.05, 0) is 32.6 Å². The Morgan fingerprint density at radius 2 is 2.31 bits per heavy atom. The molecule has 0 saturated carbocycles. The molecule has 88 valence electrons. The third-order valence-electron chi connectivity index (χ3n) is 3.51. The molecule has 2 atom stereocenters. The van der Waals surface area contributed by atoms with Crippen LogP contribution in [0.4, 0.5) is 0 Å². The van der Waals surface area contributed by atoms with E-state index in [1.54, 1.807) is 11.8 Å². The molecule has 4 nitrogen and oxygen atoms in total. The van der Waals surface area contributed by atoms with Gasteiger partial charge in [-0.25, -0.2) is 0 Å². The molecule has 0 spiro atoms. The summed E-state index contributed by atoms with van der Waals surface area (Å²) in [6.45, 7) is 5.60. The van der Waals surface area contributed by atoms with E-state index in [-0.39, 0.29) is 0 Å². The summed E-state index contributed by atoms with van der Waals surface area (Å²) < 4.78 is 0. The van der Waals surface area contributed by atoms with Gasteiger partial charge in [0.1, 0.15) is 0 Å². The van der Waals surface area contributed by atoms with Gasteiger partial charge in [-0.2, -0.15) is 5.26 Å². The van der Waals surface area contributed by atoms with Crippen molar-refractivity contribution in [3.8, 4) is 6.19 Å². The van der Waals surface area contributed by atoms with Crippen molar-refractivity contribution < 1.29 is 0 Å². The van der Waals surface area contributed by atoms with Gasteiger partial charge in [0.25, 0.3) is 0 Å². The first-order valence-electron chi connectivity index (χ1n) is 5.77.